The summed E-state index contributed by atoms with van der Waals surface area (Å²) in [6.45, 7) is 0.846. The molecule has 1 heterocycles. The molecule has 96 valence electrons. The highest BCUT2D eigenvalue weighted by molar-refractivity contribution is 14.1. The van der Waals surface area contributed by atoms with E-state index in [1.165, 1.54) is 4.90 Å². The lowest BCUT2D eigenvalue weighted by Gasteiger charge is -2.13. The standard InChI is InChI=1S/C12H13IN2O3/c13-9-3-1-8(2-4-9)11(16)14-10-5-6-15(7-10)12(17)18/h1-4,10H,5-7H2,(H,14,16)(H,17,18). The Bertz CT molecular complexity index is 461. The molecule has 2 rings (SSSR count). The lowest BCUT2D eigenvalue weighted by Crippen LogP contribution is -2.38. The number of likely N-dealkylation sites (tertiary alicyclic amines) is 1. The van der Waals surface area contributed by atoms with Gasteiger partial charge in [-0.15, -0.1) is 0 Å². The zero-order chi connectivity index (χ0) is 13.1. The Morgan fingerprint density at radius 3 is 2.56 bits per heavy atom. The first kappa shape index (κ1) is 13.1. The molecule has 0 radical (unpaired) electrons. The van der Waals surface area contributed by atoms with Crippen LogP contribution in [0.3, 0.4) is 0 Å². The van der Waals surface area contributed by atoms with Gasteiger partial charge < -0.3 is 15.3 Å². The predicted molar refractivity (Wildman–Crippen MR) is 74.6 cm³/mol. The lowest BCUT2D eigenvalue weighted by molar-refractivity contribution is 0.0936. The number of hydrogen-bond acceptors (Lipinski definition) is 2. The van der Waals surface area contributed by atoms with Crippen molar-refractivity contribution < 1.29 is 14.7 Å². The molecule has 1 aromatic rings. The summed E-state index contributed by atoms with van der Waals surface area (Å²) in [6, 6.07) is 7.18. The first-order valence-corrected chi connectivity index (χ1v) is 6.68. The highest BCUT2D eigenvalue weighted by Crippen LogP contribution is 2.11. The van der Waals surface area contributed by atoms with Gasteiger partial charge in [0.2, 0.25) is 0 Å². The van der Waals surface area contributed by atoms with Gasteiger partial charge in [0, 0.05) is 28.3 Å². The third kappa shape index (κ3) is 3.12. The monoisotopic (exact) mass is 360 g/mol. The van der Waals surface area contributed by atoms with Crippen molar-refractivity contribution in [1.82, 2.24) is 10.2 Å². The van der Waals surface area contributed by atoms with Crippen molar-refractivity contribution in [3.05, 3.63) is 33.4 Å². The highest BCUT2D eigenvalue weighted by atomic mass is 127. The average Bonchev–Trinajstić information content (AvgIpc) is 2.78. The van der Waals surface area contributed by atoms with Crippen molar-refractivity contribution in [2.75, 3.05) is 13.1 Å². The summed E-state index contributed by atoms with van der Waals surface area (Å²) in [5, 5.41) is 11.7. The summed E-state index contributed by atoms with van der Waals surface area (Å²) in [7, 11) is 0. The molecular formula is C12H13IN2O3. The third-order valence-electron chi connectivity index (χ3n) is 2.90. The number of nitrogens with zero attached hydrogens (tertiary/aromatic N) is 1. The maximum Gasteiger partial charge on any atom is 0.407 e. The minimum atomic E-state index is -0.930. The lowest BCUT2D eigenvalue weighted by atomic mass is 10.2. The van der Waals surface area contributed by atoms with Crippen LogP contribution >= 0.6 is 22.6 Å². The molecule has 1 atom stereocenters. The molecule has 6 heteroatoms. The Morgan fingerprint density at radius 1 is 1.33 bits per heavy atom. The van der Waals surface area contributed by atoms with Crippen molar-refractivity contribution in [3.8, 4) is 0 Å². The second kappa shape index (κ2) is 5.55. The molecular weight excluding hydrogens is 347 g/mol. The van der Waals surface area contributed by atoms with Gasteiger partial charge in [0.1, 0.15) is 0 Å². The molecule has 1 fully saturated rings. The minimum Gasteiger partial charge on any atom is -0.465 e. The average molecular weight is 360 g/mol. The molecule has 18 heavy (non-hydrogen) atoms. The van der Waals surface area contributed by atoms with Crippen LogP contribution in [0, 0.1) is 3.57 Å². The zero-order valence-electron chi connectivity index (χ0n) is 9.60. The number of hydrogen-bond donors (Lipinski definition) is 2. The number of nitrogens with one attached hydrogen (secondary N) is 1. The van der Waals surface area contributed by atoms with Crippen LogP contribution in [0.1, 0.15) is 16.8 Å². The molecule has 1 aliphatic heterocycles. The van der Waals surface area contributed by atoms with Gasteiger partial charge >= 0.3 is 6.09 Å². The fraction of sp³-hybridized carbons (Fsp3) is 0.333. The molecule has 0 aliphatic carbocycles. The molecule has 1 aliphatic rings. The number of rotatable bonds is 2. The van der Waals surface area contributed by atoms with E-state index in [4.69, 9.17) is 5.11 Å². The molecule has 0 spiro atoms. The van der Waals surface area contributed by atoms with Crippen LogP contribution in [0.15, 0.2) is 24.3 Å². The molecule has 2 N–H and O–H groups in total. The van der Waals surface area contributed by atoms with E-state index >= 15 is 0 Å². The van der Waals surface area contributed by atoms with Crippen LogP contribution < -0.4 is 5.32 Å². The number of halogens is 1. The van der Waals surface area contributed by atoms with Crippen molar-refractivity contribution in [3.63, 3.8) is 0 Å². The van der Waals surface area contributed by atoms with E-state index in [1.807, 2.05) is 12.1 Å². The Hall–Kier alpha value is -1.31. The van der Waals surface area contributed by atoms with Gasteiger partial charge in [-0.2, -0.15) is 0 Å². The van der Waals surface area contributed by atoms with Gasteiger partial charge in [-0.1, -0.05) is 0 Å². The summed E-state index contributed by atoms with van der Waals surface area (Å²) < 4.78 is 1.07. The van der Waals surface area contributed by atoms with Crippen LogP contribution in [0.2, 0.25) is 0 Å². The van der Waals surface area contributed by atoms with Gasteiger partial charge in [0.05, 0.1) is 0 Å². The van der Waals surface area contributed by atoms with E-state index < -0.39 is 6.09 Å². The molecule has 2 amide bonds. The first-order valence-electron chi connectivity index (χ1n) is 5.60. The molecule has 1 aromatic carbocycles. The Balaban J connectivity index is 1.92. The Morgan fingerprint density at radius 2 is 2.00 bits per heavy atom. The van der Waals surface area contributed by atoms with Crippen molar-refractivity contribution in [1.29, 1.82) is 0 Å². The van der Waals surface area contributed by atoms with Gasteiger partial charge in [-0.25, -0.2) is 4.79 Å². The SMILES string of the molecule is O=C(NC1CCN(C(=O)O)C1)c1ccc(I)cc1. The van der Waals surface area contributed by atoms with E-state index in [9.17, 15) is 9.59 Å². The summed E-state index contributed by atoms with van der Waals surface area (Å²) in [6.07, 6.45) is -0.261. The fourth-order valence-corrected chi connectivity index (χ4v) is 2.28. The smallest absolute Gasteiger partial charge is 0.407 e. The van der Waals surface area contributed by atoms with E-state index in [0.29, 0.717) is 25.1 Å². The van der Waals surface area contributed by atoms with Crippen LogP contribution in [0.5, 0.6) is 0 Å². The van der Waals surface area contributed by atoms with E-state index in [0.717, 1.165) is 3.57 Å². The van der Waals surface area contributed by atoms with E-state index in [-0.39, 0.29) is 11.9 Å². The summed E-state index contributed by atoms with van der Waals surface area (Å²) in [5.41, 5.74) is 0.601. The van der Waals surface area contributed by atoms with Crippen molar-refractivity contribution >= 4 is 34.6 Å². The molecule has 1 saturated heterocycles. The predicted octanol–water partition coefficient (Wildman–Crippen LogP) is 1.77. The highest BCUT2D eigenvalue weighted by Gasteiger charge is 2.27. The van der Waals surface area contributed by atoms with Gasteiger partial charge in [-0.05, 0) is 53.3 Å². The van der Waals surface area contributed by atoms with E-state index in [1.54, 1.807) is 12.1 Å². The Labute approximate surface area is 118 Å². The number of amides is 2. The molecule has 0 aromatic heterocycles. The second-order valence-corrected chi connectivity index (χ2v) is 5.44. The minimum absolute atomic E-state index is 0.0899. The Kier molecular flexibility index (Phi) is 4.05. The number of benzene rings is 1. The maximum atomic E-state index is 11.9. The quantitative estimate of drug-likeness (QED) is 0.790. The van der Waals surface area contributed by atoms with Crippen LogP contribution in [-0.4, -0.2) is 41.1 Å². The van der Waals surface area contributed by atoms with Gasteiger partial charge in [0.25, 0.3) is 5.91 Å². The molecule has 5 nitrogen and oxygen atoms in total. The van der Waals surface area contributed by atoms with Crippen molar-refractivity contribution in [2.24, 2.45) is 0 Å². The third-order valence-corrected chi connectivity index (χ3v) is 3.62. The maximum absolute atomic E-state index is 11.9. The fourth-order valence-electron chi connectivity index (χ4n) is 1.92. The first-order chi connectivity index (χ1) is 8.56. The van der Waals surface area contributed by atoms with E-state index in [2.05, 4.69) is 27.9 Å². The van der Waals surface area contributed by atoms with Crippen LogP contribution in [0.4, 0.5) is 4.79 Å². The summed E-state index contributed by atoms with van der Waals surface area (Å²) >= 11 is 2.18. The topological polar surface area (TPSA) is 69.6 Å². The van der Waals surface area contributed by atoms with Crippen molar-refractivity contribution in [2.45, 2.75) is 12.5 Å². The van der Waals surface area contributed by atoms with Crippen LogP contribution in [0.25, 0.3) is 0 Å². The molecule has 0 bridgehead atoms. The zero-order valence-corrected chi connectivity index (χ0v) is 11.8. The number of carbonyl (C=O) groups excluding carboxylic acids is 1. The van der Waals surface area contributed by atoms with Crippen LogP contribution in [-0.2, 0) is 0 Å². The number of carbonyl (C=O) groups is 2. The second-order valence-electron chi connectivity index (χ2n) is 4.19. The molecule has 0 saturated carbocycles. The molecule has 1 unspecified atom stereocenters. The number of carboxylic acid groups (broad SMARTS) is 1. The van der Waals surface area contributed by atoms with Gasteiger partial charge in [-0.3, -0.25) is 4.79 Å². The largest absolute Gasteiger partial charge is 0.465 e. The van der Waals surface area contributed by atoms with Gasteiger partial charge in [0.15, 0.2) is 0 Å². The summed E-state index contributed by atoms with van der Waals surface area (Å²) in [4.78, 5) is 24.0. The summed E-state index contributed by atoms with van der Waals surface area (Å²) in [5.74, 6) is -0.149. The normalized spacial score (nSPS) is 18.7.